The molecule has 1 N–H and O–H groups in total. The van der Waals surface area contributed by atoms with Gasteiger partial charge in [-0.05, 0) is 24.8 Å². The quantitative estimate of drug-likeness (QED) is 0.649. The number of nitrogens with zero attached hydrogens (tertiary/aromatic N) is 4. The van der Waals surface area contributed by atoms with Gasteiger partial charge in [-0.3, -0.25) is 9.67 Å². The van der Waals surface area contributed by atoms with Crippen LogP contribution in [0.5, 0.6) is 0 Å². The van der Waals surface area contributed by atoms with E-state index in [4.69, 9.17) is 0 Å². The highest BCUT2D eigenvalue weighted by molar-refractivity contribution is 5.79. The molecule has 0 spiro atoms. The molecule has 0 atom stereocenters. The Morgan fingerprint density at radius 3 is 2.76 bits per heavy atom. The van der Waals surface area contributed by atoms with Crippen molar-refractivity contribution < 1.29 is 0 Å². The third-order valence-corrected chi connectivity index (χ3v) is 4.24. The van der Waals surface area contributed by atoms with Crippen LogP contribution in [-0.4, -0.2) is 41.3 Å². The maximum atomic E-state index is 4.59. The molecule has 0 unspecified atom stereocenters. The van der Waals surface area contributed by atoms with Crippen LogP contribution in [-0.2, 0) is 20.0 Å². The fraction of sp³-hybridized carbons (Fsp3) is 0.500. The van der Waals surface area contributed by atoms with Crippen molar-refractivity contribution >= 4 is 5.96 Å². The molecule has 0 saturated heterocycles. The smallest absolute Gasteiger partial charge is 0.193 e. The van der Waals surface area contributed by atoms with Gasteiger partial charge in [-0.15, -0.1) is 0 Å². The molecule has 0 saturated carbocycles. The van der Waals surface area contributed by atoms with Crippen molar-refractivity contribution in [2.45, 2.75) is 39.7 Å². The first-order valence-corrected chi connectivity index (χ1v) is 8.90. The molecule has 0 fully saturated rings. The average Bonchev–Trinajstić information content (AvgIpc) is 2.92. The summed E-state index contributed by atoms with van der Waals surface area (Å²) in [6.45, 7) is 8.15. The highest BCUT2D eigenvalue weighted by atomic mass is 15.3. The molecule has 1 aromatic heterocycles. The normalized spacial score (nSPS) is 11.9. The summed E-state index contributed by atoms with van der Waals surface area (Å²) in [5.41, 5.74) is 5.06. The Bertz CT molecular complexity index is 715. The first-order valence-electron chi connectivity index (χ1n) is 8.90. The van der Waals surface area contributed by atoms with Crippen molar-refractivity contribution in [2.24, 2.45) is 12.0 Å². The van der Waals surface area contributed by atoms with Crippen LogP contribution in [0.2, 0.25) is 0 Å². The van der Waals surface area contributed by atoms with Gasteiger partial charge in [0.1, 0.15) is 0 Å². The fourth-order valence-electron chi connectivity index (χ4n) is 3.06. The first-order chi connectivity index (χ1) is 11.9. The largest absolute Gasteiger partial charge is 0.356 e. The second-order valence-corrected chi connectivity index (χ2v) is 6.94. The predicted molar refractivity (Wildman–Crippen MR) is 105 cm³/mol. The zero-order valence-electron chi connectivity index (χ0n) is 16.4. The van der Waals surface area contributed by atoms with E-state index in [9.17, 15) is 0 Å². The Morgan fingerprint density at radius 1 is 1.36 bits per heavy atom. The standard InChI is InChI=1S/C20H31N5/c1-15(2)19-18(14-25(6)23-19)13-24(5)20(21-4)22-11-10-17-9-7-8-16(3)12-17/h7-9,12,14-15H,10-11,13H2,1-6H3,(H,21,22). The van der Waals surface area contributed by atoms with E-state index in [2.05, 4.69) is 78.6 Å². The van der Waals surface area contributed by atoms with Gasteiger partial charge in [0.05, 0.1) is 5.69 Å². The van der Waals surface area contributed by atoms with Crippen LogP contribution in [0.15, 0.2) is 35.5 Å². The summed E-state index contributed by atoms with van der Waals surface area (Å²) in [5.74, 6) is 1.33. The van der Waals surface area contributed by atoms with Crippen molar-refractivity contribution in [2.75, 3.05) is 20.6 Å². The lowest BCUT2D eigenvalue weighted by Gasteiger charge is -2.22. The number of aliphatic imine (C=N–C) groups is 1. The average molecular weight is 342 g/mol. The van der Waals surface area contributed by atoms with Crippen LogP contribution < -0.4 is 5.32 Å². The van der Waals surface area contributed by atoms with Crippen LogP contribution in [0.4, 0.5) is 0 Å². The Labute approximate surface area is 151 Å². The molecule has 5 heteroatoms. The fourth-order valence-corrected chi connectivity index (χ4v) is 3.06. The Balaban J connectivity index is 1.94. The van der Waals surface area contributed by atoms with Crippen LogP contribution in [0.25, 0.3) is 0 Å². The molecule has 0 amide bonds. The van der Waals surface area contributed by atoms with Gasteiger partial charge in [-0.2, -0.15) is 5.10 Å². The minimum atomic E-state index is 0.417. The van der Waals surface area contributed by atoms with Crippen LogP contribution in [0.1, 0.15) is 42.1 Å². The molecule has 2 rings (SSSR count). The number of aryl methyl sites for hydroxylation is 2. The summed E-state index contributed by atoms with van der Waals surface area (Å²) in [6.07, 6.45) is 3.09. The second-order valence-electron chi connectivity index (χ2n) is 6.94. The van der Waals surface area contributed by atoms with Crippen LogP contribution >= 0.6 is 0 Å². The number of hydrogen-bond donors (Lipinski definition) is 1. The van der Waals surface area contributed by atoms with Gasteiger partial charge in [0.15, 0.2) is 5.96 Å². The molecule has 2 aromatic rings. The van der Waals surface area contributed by atoms with Crippen LogP contribution in [0, 0.1) is 6.92 Å². The van der Waals surface area contributed by atoms with E-state index < -0.39 is 0 Å². The van der Waals surface area contributed by atoms with E-state index in [1.54, 1.807) is 0 Å². The van der Waals surface area contributed by atoms with Gasteiger partial charge >= 0.3 is 0 Å². The summed E-state index contributed by atoms with van der Waals surface area (Å²) in [5, 5.41) is 8.05. The highest BCUT2D eigenvalue weighted by Gasteiger charge is 2.14. The number of guanidine groups is 1. The molecule has 0 aliphatic heterocycles. The molecular weight excluding hydrogens is 310 g/mol. The molecule has 25 heavy (non-hydrogen) atoms. The van der Waals surface area contributed by atoms with Crippen molar-refractivity contribution in [3.8, 4) is 0 Å². The van der Waals surface area contributed by atoms with Gasteiger partial charge in [0.25, 0.3) is 0 Å². The van der Waals surface area contributed by atoms with Crippen LogP contribution in [0.3, 0.4) is 0 Å². The third kappa shape index (κ3) is 5.34. The van der Waals surface area contributed by atoms with E-state index in [1.807, 2.05) is 18.8 Å². The van der Waals surface area contributed by atoms with Gasteiger partial charge in [-0.1, -0.05) is 43.7 Å². The summed E-state index contributed by atoms with van der Waals surface area (Å²) in [4.78, 5) is 6.57. The zero-order valence-corrected chi connectivity index (χ0v) is 16.4. The topological polar surface area (TPSA) is 45.5 Å². The monoisotopic (exact) mass is 341 g/mol. The Kier molecular flexibility index (Phi) is 6.62. The van der Waals surface area contributed by atoms with E-state index >= 15 is 0 Å². The third-order valence-electron chi connectivity index (χ3n) is 4.24. The summed E-state index contributed by atoms with van der Waals surface area (Å²) in [7, 11) is 5.88. The molecular formula is C20H31N5. The lowest BCUT2D eigenvalue weighted by atomic mass is 10.1. The maximum absolute atomic E-state index is 4.59. The maximum Gasteiger partial charge on any atom is 0.193 e. The minimum absolute atomic E-state index is 0.417. The number of hydrogen-bond acceptors (Lipinski definition) is 2. The number of nitrogens with one attached hydrogen (secondary N) is 1. The SMILES string of the molecule is CN=C(NCCc1cccc(C)c1)N(C)Cc1cn(C)nc1C(C)C. The van der Waals surface area contributed by atoms with E-state index in [1.165, 1.54) is 16.7 Å². The van der Waals surface area contributed by atoms with Gasteiger partial charge < -0.3 is 10.2 Å². The minimum Gasteiger partial charge on any atom is -0.356 e. The lowest BCUT2D eigenvalue weighted by molar-refractivity contribution is 0.474. The van der Waals surface area contributed by atoms with E-state index in [-0.39, 0.29) is 0 Å². The molecule has 0 radical (unpaired) electrons. The molecule has 1 heterocycles. The van der Waals surface area contributed by atoms with Crippen molar-refractivity contribution in [3.63, 3.8) is 0 Å². The molecule has 136 valence electrons. The molecule has 0 aliphatic carbocycles. The number of rotatable bonds is 6. The zero-order chi connectivity index (χ0) is 18.4. The highest BCUT2D eigenvalue weighted by Crippen LogP contribution is 2.18. The van der Waals surface area contributed by atoms with Crippen molar-refractivity contribution in [1.29, 1.82) is 0 Å². The Morgan fingerprint density at radius 2 is 2.12 bits per heavy atom. The second kappa shape index (κ2) is 8.70. The Hall–Kier alpha value is -2.30. The summed E-state index contributed by atoms with van der Waals surface area (Å²) < 4.78 is 1.90. The molecule has 0 aliphatic rings. The number of aromatic nitrogens is 2. The van der Waals surface area contributed by atoms with E-state index in [0.717, 1.165) is 31.2 Å². The predicted octanol–water partition coefficient (Wildman–Crippen LogP) is 3.10. The first kappa shape index (κ1) is 19.0. The number of benzene rings is 1. The van der Waals surface area contributed by atoms with Gasteiger partial charge in [0, 0.05) is 46.0 Å². The van der Waals surface area contributed by atoms with Gasteiger partial charge in [-0.25, -0.2) is 0 Å². The molecule has 5 nitrogen and oxygen atoms in total. The van der Waals surface area contributed by atoms with E-state index in [0.29, 0.717) is 5.92 Å². The van der Waals surface area contributed by atoms with Crippen molar-refractivity contribution in [1.82, 2.24) is 20.0 Å². The lowest BCUT2D eigenvalue weighted by Crippen LogP contribution is -2.39. The summed E-state index contributed by atoms with van der Waals surface area (Å²) in [6, 6.07) is 8.65. The summed E-state index contributed by atoms with van der Waals surface area (Å²) >= 11 is 0. The molecule has 1 aromatic carbocycles. The van der Waals surface area contributed by atoms with Gasteiger partial charge in [0.2, 0.25) is 0 Å². The molecule has 0 bridgehead atoms. The van der Waals surface area contributed by atoms with Crippen molar-refractivity contribution in [3.05, 3.63) is 52.8 Å².